The van der Waals surface area contributed by atoms with Crippen LogP contribution in [0.5, 0.6) is 0 Å². The predicted octanol–water partition coefficient (Wildman–Crippen LogP) is 3.64. The highest BCUT2D eigenvalue weighted by Gasteiger charge is 2.55. The minimum atomic E-state index is -0.778. The molecule has 7 heteroatoms. The number of rotatable bonds is 4. The number of benzene rings is 1. The van der Waals surface area contributed by atoms with E-state index >= 15 is 0 Å². The number of aliphatic hydroxyl groups is 1. The summed E-state index contributed by atoms with van der Waals surface area (Å²) in [6.07, 6.45) is 1.06. The van der Waals surface area contributed by atoms with Crippen molar-refractivity contribution < 1.29 is 23.9 Å². The van der Waals surface area contributed by atoms with Crippen LogP contribution in [0.1, 0.15) is 80.2 Å². The molecule has 0 atom stereocenters. The Morgan fingerprint density at radius 3 is 2.03 bits per heavy atom. The van der Waals surface area contributed by atoms with E-state index in [9.17, 15) is 9.90 Å². The lowest BCUT2D eigenvalue weighted by Gasteiger charge is -2.53. The third-order valence-electron chi connectivity index (χ3n) is 6.65. The molecular formula is C23H36BNO5. The maximum absolute atomic E-state index is 12.5. The Morgan fingerprint density at radius 2 is 1.60 bits per heavy atom. The lowest BCUT2D eigenvalue weighted by Crippen LogP contribution is -2.63. The monoisotopic (exact) mass is 417 g/mol. The number of carbonyl (C=O) groups is 1. The number of carbonyl (C=O) groups excluding carboxylic acids is 1. The van der Waals surface area contributed by atoms with E-state index in [2.05, 4.69) is 5.32 Å². The van der Waals surface area contributed by atoms with Crippen molar-refractivity contribution in [2.75, 3.05) is 0 Å². The molecule has 6 nitrogen and oxygen atoms in total. The SMILES string of the molecule is CC[C@]1(O)C[C@](NC(=O)OC(C)(C)C)(c2ccc(B3OC(C)(C)C(C)(C)O3)cc2)C1. The molecule has 0 aromatic heterocycles. The summed E-state index contributed by atoms with van der Waals surface area (Å²) in [6.45, 7) is 15.6. The van der Waals surface area contributed by atoms with Crippen molar-refractivity contribution in [3.05, 3.63) is 29.8 Å². The topological polar surface area (TPSA) is 77.0 Å². The van der Waals surface area contributed by atoms with Crippen LogP contribution in [-0.2, 0) is 19.6 Å². The predicted molar refractivity (Wildman–Crippen MR) is 118 cm³/mol. The van der Waals surface area contributed by atoms with E-state index in [1.54, 1.807) is 0 Å². The summed E-state index contributed by atoms with van der Waals surface area (Å²) in [4.78, 5) is 12.5. The van der Waals surface area contributed by atoms with Crippen molar-refractivity contribution in [1.29, 1.82) is 0 Å². The largest absolute Gasteiger partial charge is 0.494 e. The summed E-state index contributed by atoms with van der Waals surface area (Å²) in [5.41, 5.74) is -0.956. The zero-order valence-electron chi connectivity index (χ0n) is 19.6. The molecule has 0 unspecified atom stereocenters. The molecule has 2 aliphatic rings. The summed E-state index contributed by atoms with van der Waals surface area (Å²) in [7, 11) is -0.437. The van der Waals surface area contributed by atoms with Crippen molar-refractivity contribution in [2.24, 2.45) is 0 Å². The molecular weight excluding hydrogens is 381 g/mol. The highest BCUT2D eigenvalue weighted by atomic mass is 16.7. The van der Waals surface area contributed by atoms with Gasteiger partial charge in [0, 0.05) is 12.8 Å². The number of nitrogens with one attached hydrogen (secondary N) is 1. The lowest BCUT2D eigenvalue weighted by atomic mass is 9.60. The Labute approximate surface area is 180 Å². The number of hydrogen-bond donors (Lipinski definition) is 2. The first-order chi connectivity index (χ1) is 13.6. The zero-order chi connectivity index (χ0) is 22.6. The Kier molecular flexibility index (Phi) is 5.58. The van der Waals surface area contributed by atoms with Crippen LogP contribution >= 0.6 is 0 Å². The Balaban J connectivity index is 1.81. The molecule has 1 saturated carbocycles. The van der Waals surface area contributed by atoms with Gasteiger partial charge in [-0.2, -0.15) is 0 Å². The van der Waals surface area contributed by atoms with Gasteiger partial charge >= 0.3 is 13.2 Å². The first-order valence-corrected chi connectivity index (χ1v) is 10.8. The van der Waals surface area contributed by atoms with Crippen LogP contribution in [0.25, 0.3) is 0 Å². The lowest BCUT2D eigenvalue weighted by molar-refractivity contribution is -0.105. The summed E-state index contributed by atoms with van der Waals surface area (Å²) in [6, 6.07) is 7.90. The fourth-order valence-corrected chi connectivity index (χ4v) is 4.12. The first-order valence-electron chi connectivity index (χ1n) is 10.8. The average Bonchev–Trinajstić information content (AvgIpc) is 2.79. The van der Waals surface area contributed by atoms with Crippen LogP contribution in [0.15, 0.2) is 24.3 Å². The average molecular weight is 417 g/mol. The number of hydrogen-bond acceptors (Lipinski definition) is 5. The molecule has 2 fully saturated rings. The van der Waals surface area contributed by atoms with Crippen molar-refractivity contribution >= 4 is 18.7 Å². The molecule has 0 bridgehead atoms. The number of alkyl carbamates (subject to hydrolysis) is 1. The van der Waals surface area contributed by atoms with Crippen LogP contribution in [0.3, 0.4) is 0 Å². The Bertz CT molecular complexity index is 775. The summed E-state index contributed by atoms with van der Waals surface area (Å²) >= 11 is 0. The van der Waals surface area contributed by atoms with E-state index in [1.807, 2.05) is 79.7 Å². The van der Waals surface area contributed by atoms with Gasteiger partial charge in [-0.3, -0.25) is 0 Å². The van der Waals surface area contributed by atoms with E-state index in [1.165, 1.54) is 0 Å². The first kappa shape index (κ1) is 23.1. The van der Waals surface area contributed by atoms with Crippen LogP contribution in [0.2, 0.25) is 0 Å². The van der Waals surface area contributed by atoms with E-state index in [0.29, 0.717) is 19.3 Å². The van der Waals surface area contributed by atoms with Gasteiger partial charge in [-0.25, -0.2) is 4.79 Å². The fraction of sp³-hybridized carbons (Fsp3) is 0.696. The maximum atomic E-state index is 12.5. The van der Waals surface area contributed by atoms with Gasteiger partial charge in [0.15, 0.2) is 0 Å². The fourth-order valence-electron chi connectivity index (χ4n) is 4.12. The highest BCUT2D eigenvalue weighted by molar-refractivity contribution is 6.62. The summed E-state index contributed by atoms with van der Waals surface area (Å²) in [5, 5.41) is 13.7. The Hall–Kier alpha value is -1.57. The van der Waals surface area contributed by atoms with Crippen LogP contribution in [0.4, 0.5) is 4.79 Å². The molecule has 2 N–H and O–H groups in total. The van der Waals surface area contributed by atoms with Gasteiger partial charge < -0.3 is 24.5 Å². The second-order valence-corrected chi connectivity index (χ2v) is 10.9. The molecule has 1 aromatic rings. The normalized spacial score (nSPS) is 30.0. The number of amides is 1. The van der Waals surface area contributed by atoms with Crippen molar-refractivity contribution in [1.82, 2.24) is 5.32 Å². The van der Waals surface area contributed by atoms with Crippen LogP contribution < -0.4 is 10.8 Å². The standard InChI is InChI=1S/C23H36BNO5/c1-9-22(27)14-23(15-22,25-18(26)28-19(2,3)4)16-10-12-17(13-11-16)24-29-20(5,6)21(7,8)30-24/h10-13,27H,9,14-15H2,1-8H3,(H,25,26)/t22-,23+. The van der Waals surface area contributed by atoms with Crippen molar-refractivity contribution in [2.45, 2.75) is 103 Å². The van der Waals surface area contributed by atoms with Gasteiger partial charge in [0.1, 0.15) is 5.60 Å². The third kappa shape index (κ3) is 4.39. The Morgan fingerprint density at radius 1 is 1.10 bits per heavy atom. The minimum Gasteiger partial charge on any atom is -0.444 e. The maximum Gasteiger partial charge on any atom is 0.494 e. The summed E-state index contributed by atoms with van der Waals surface area (Å²) < 4.78 is 17.7. The van der Waals surface area contributed by atoms with Gasteiger partial charge in [-0.1, -0.05) is 31.2 Å². The second kappa shape index (κ2) is 7.25. The molecule has 0 radical (unpaired) electrons. The van der Waals surface area contributed by atoms with E-state index in [-0.39, 0.29) is 0 Å². The van der Waals surface area contributed by atoms with Crippen molar-refractivity contribution in [3.63, 3.8) is 0 Å². The molecule has 1 saturated heterocycles. The minimum absolute atomic E-state index is 0.401. The molecule has 1 aliphatic carbocycles. The van der Waals surface area contributed by atoms with Gasteiger partial charge in [0.05, 0.1) is 22.3 Å². The van der Waals surface area contributed by atoms with Gasteiger partial charge in [0.2, 0.25) is 0 Å². The quantitative estimate of drug-likeness (QED) is 0.732. The molecule has 30 heavy (non-hydrogen) atoms. The van der Waals surface area contributed by atoms with E-state index in [0.717, 1.165) is 11.0 Å². The number of ether oxygens (including phenoxy) is 1. The molecule has 0 spiro atoms. The molecule has 1 aliphatic heterocycles. The van der Waals surface area contributed by atoms with E-state index in [4.69, 9.17) is 14.0 Å². The van der Waals surface area contributed by atoms with Gasteiger partial charge in [-0.15, -0.1) is 0 Å². The van der Waals surface area contributed by atoms with Gasteiger partial charge in [-0.05, 0) is 65.9 Å². The highest BCUT2D eigenvalue weighted by Crippen LogP contribution is 2.50. The zero-order valence-corrected chi connectivity index (χ0v) is 19.6. The molecule has 1 amide bonds. The third-order valence-corrected chi connectivity index (χ3v) is 6.65. The summed E-state index contributed by atoms with van der Waals surface area (Å²) in [5.74, 6) is 0. The van der Waals surface area contributed by atoms with Crippen molar-refractivity contribution in [3.8, 4) is 0 Å². The smallest absolute Gasteiger partial charge is 0.444 e. The second-order valence-electron chi connectivity index (χ2n) is 10.9. The van der Waals surface area contributed by atoms with E-state index < -0.39 is 41.2 Å². The van der Waals surface area contributed by atoms with Crippen LogP contribution in [-0.4, -0.2) is 40.7 Å². The molecule has 1 heterocycles. The van der Waals surface area contributed by atoms with Gasteiger partial charge in [0.25, 0.3) is 0 Å². The molecule has 1 aromatic carbocycles. The molecule has 166 valence electrons. The van der Waals surface area contributed by atoms with Crippen LogP contribution in [0, 0.1) is 0 Å². The molecule has 3 rings (SSSR count).